The number of hydrogen-bond acceptors (Lipinski definition) is 3. The van der Waals surface area contributed by atoms with Crippen LogP contribution < -0.4 is 0 Å². The van der Waals surface area contributed by atoms with Crippen molar-refractivity contribution in [3.8, 4) is 0 Å². The van der Waals surface area contributed by atoms with Gasteiger partial charge in [-0.25, -0.2) is 0 Å². The molecule has 0 unspecified atom stereocenters. The fourth-order valence-electron chi connectivity index (χ4n) is 1.83. The van der Waals surface area contributed by atoms with Crippen LogP contribution in [0.25, 0.3) is 0 Å². The van der Waals surface area contributed by atoms with Gasteiger partial charge in [0.15, 0.2) is 0 Å². The first-order chi connectivity index (χ1) is 8.08. The van der Waals surface area contributed by atoms with Gasteiger partial charge in [0.05, 0.1) is 15.9 Å². The van der Waals surface area contributed by atoms with Crippen LogP contribution in [0.15, 0.2) is 22.0 Å². The maximum atomic E-state index is 4.41. The van der Waals surface area contributed by atoms with Crippen molar-refractivity contribution in [2.75, 3.05) is 7.05 Å². The molecule has 17 heavy (non-hydrogen) atoms. The second kappa shape index (κ2) is 5.33. The van der Waals surface area contributed by atoms with E-state index >= 15 is 0 Å². The molecule has 3 nitrogen and oxygen atoms in total. The molecule has 0 aliphatic heterocycles. The molecule has 0 radical (unpaired) electrons. The van der Waals surface area contributed by atoms with E-state index in [4.69, 9.17) is 0 Å². The summed E-state index contributed by atoms with van der Waals surface area (Å²) in [5.74, 6) is 0. The van der Waals surface area contributed by atoms with Crippen molar-refractivity contribution in [3.63, 3.8) is 0 Å². The lowest BCUT2D eigenvalue weighted by Crippen LogP contribution is -2.18. The Balaban J connectivity index is 2.05. The number of aryl methyl sites for hydroxylation is 2. The molecule has 0 amide bonds. The van der Waals surface area contributed by atoms with E-state index in [-0.39, 0.29) is 0 Å². The van der Waals surface area contributed by atoms with Gasteiger partial charge in [0.25, 0.3) is 0 Å². The highest BCUT2D eigenvalue weighted by atomic mass is 79.9. The first kappa shape index (κ1) is 12.8. The molecule has 5 heteroatoms. The van der Waals surface area contributed by atoms with Crippen molar-refractivity contribution in [1.82, 2.24) is 14.7 Å². The van der Waals surface area contributed by atoms with Crippen molar-refractivity contribution in [2.24, 2.45) is 7.05 Å². The Morgan fingerprint density at radius 2 is 2.24 bits per heavy atom. The summed E-state index contributed by atoms with van der Waals surface area (Å²) in [6, 6.07) is 4.27. The topological polar surface area (TPSA) is 21.1 Å². The van der Waals surface area contributed by atoms with Gasteiger partial charge < -0.3 is 0 Å². The lowest BCUT2D eigenvalue weighted by molar-refractivity contribution is 0.311. The number of aromatic nitrogens is 2. The second-order valence-corrected chi connectivity index (χ2v) is 6.05. The average Bonchev–Trinajstić information content (AvgIpc) is 2.83. The van der Waals surface area contributed by atoms with E-state index in [0.717, 1.165) is 23.3 Å². The summed E-state index contributed by atoms with van der Waals surface area (Å²) in [5, 5.41) is 6.52. The molecule has 92 valence electrons. The molecule has 0 fully saturated rings. The number of hydrogen-bond donors (Lipinski definition) is 0. The maximum Gasteiger partial charge on any atom is 0.0739 e. The molecule has 0 saturated carbocycles. The Bertz CT molecular complexity index is 490. The summed E-state index contributed by atoms with van der Waals surface area (Å²) < 4.78 is 3.07. The Hall–Kier alpha value is -0.650. The molecular weight excluding hydrogens is 298 g/mol. The smallest absolute Gasteiger partial charge is 0.0739 e. The lowest BCUT2D eigenvalue weighted by Gasteiger charge is -2.16. The van der Waals surface area contributed by atoms with Gasteiger partial charge in [0, 0.05) is 25.0 Å². The number of thiophene rings is 1. The molecule has 2 rings (SSSR count). The minimum absolute atomic E-state index is 0.899. The molecular formula is C12H16BrN3S. The zero-order valence-corrected chi connectivity index (χ0v) is 12.7. The quantitative estimate of drug-likeness (QED) is 0.864. The van der Waals surface area contributed by atoms with Crippen LogP contribution in [0, 0.1) is 6.92 Å². The molecule has 0 aliphatic rings. The monoisotopic (exact) mass is 313 g/mol. The third-order valence-corrected chi connectivity index (χ3v) is 4.58. The van der Waals surface area contributed by atoms with E-state index in [9.17, 15) is 0 Å². The van der Waals surface area contributed by atoms with Crippen LogP contribution in [0.1, 0.15) is 16.3 Å². The molecule has 0 aromatic carbocycles. The van der Waals surface area contributed by atoms with Crippen molar-refractivity contribution in [3.05, 3.63) is 38.3 Å². The van der Waals surface area contributed by atoms with Gasteiger partial charge in [0.1, 0.15) is 0 Å². The molecule has 2 aromatic rings. The molecule has 2 heterocycles. The van der Waals surface area contributed by atoms with E-state index in [1.54, 1.807) is 11.3 Å². The van der Waals surface area contributed by atoms with Crippen LogP contribution >= 0.6 is 27.3 Å². The fourth-order valence-corrected chi connectivity index (χ4v) is 3.08. The maximum absolute atomic E-state index is 4.41. The second-order valence-electron chi connectivity index (χ2n) is 4.22. The molecule has 0 saturated heterocycles. The summed E-state index contributed by atoms with van der Waals surface area (Å²) in [7, 11) is 4.13. The van der Waals surface area contributed by atoms with Crippen LogP contribution in [0.2, 0.25) is 0 Å². The van der Waals surface area contributed by atoms with E-state index < -0.39 is 0 Å². The van der Waals surface area contributed by atoms with Crippen molar-refractivity contribution in [1.29, 1.82) is 0 Å². The molecule has 0 bridgehead atoms. The molecule has 0 aliphatic carbocycles. The largest absolute Gasteiger partial charge is 0.295 e. The van der Waals surface area contributed by atoms with E-state index in [0.29, 0.717) is 0 Å². The minimum Gasteiger partial charge on any atom is -0.295 e. The summed E-state index contributed by atoms with van der Waals surface area (Å²) in [6.07, 6.45) is 0. The van der Waals surface area contributed by atoms with Crippen molar-refractivity contribution < 1.29 is 0 Å². The van der Waals surface area contributed by atoms with Crippen LogP contribution in [0.4, 0.5) is 0 Å². The summed E-state index contributed by atoms with van der Waals surface area (Å²) in [6.45, 7) is 3.90. The van der Waals surface area contributed by atoms with Crippen LogP contribution in [0.5, 0.6) is 0 Å². The molecule has 0 spiro atoms. The Morgan fingerprint density at radius 1 is 1.47 bits per heavy atom. The van der Waals surface area contributed by atoms with Crippen LogP contribution in [-0.2, 0) is 20.1 Å². The number of nitrogens with zero attached hydrogens (tertiary/aromatic N) is 3. The fraction of sp³-hybridized carbons (Fsp3) is 0.417. The first-order valence-corrected chi connectivity index (χ1v) is 7.14. The average molecular weight is 314 g/mol. The molecule has 0 atom stereocenters. The van der Waals surface area contributed by atoms with E-state index in [1.807, 2.05) is 18.7 Å². The van der Waals surface area contributed by atoms with Gasteiger partial charge in [-0.2, -0.15) is 5.10 Å². The number of rotatable bonds is 4. The highest BCUT2D eigenvalue weighted by Gasteiger charge is 2.12. The Kier molecular flexibility index (Phi) is 4.01. The minimum atomic E-state index is 0.899. The summed E-state index contributed by atoms with van der Waals surface area (Å²) in [5.41, 5.74) is 2.27. The predicted molar refractivity (Wildman–Crippen MR) is 75.1 cm³/mol. The molecule has 0 N–H and O–H groups in total. The SMILES string of the molecule is Cc1nn(C)c(CN(C)Cc2cccs2)c1Br. The van der Waals surface area contributed by atoms with Gasteiger partial charge >= 0.3 is 0 Å². The Morgan fingerprint density at radius 3 is 2.76 bits per heavy atom. The number of halogens is 1. The Labute approximate surface area is 114 Å². The highest BCUT2D eigenvalue weighted by molar-refractivity contribution is 9.10. The zero-order chi connectivity index (χ0) is 12.4. The normalized spacial score (nSPS) is 11.4. The third kappa shape index (κ3) is 2.97. The lowest BCUT2D eigenvalue weighted by atomic mass is 10.3. The standard InChI is InChI=1S/C12H16BrN3S/c1-9-12(13)11(16(3)14-9)8-15(2)7-10-5-4-6-17-10/h4-6H,7-8H2,1-3H3. The van der Waals surface area contributed by atoms with Crippen LogP contribution in [-0.4, -0.2) is 21.7 Å². The van der Waals surface area contributed by atoms with Crippen molar-refractivity contribution in [2.45, 2.75) is 20.0 Å². The van der Waals surface area contributed by atoms with Gasteiger partial charge in [-0.3, -0.25) is 9.58 Å². The predicted octanol–water partition coefficient (Wildman–Crippen LogP) is 3.18. The summed E-state index contributed by atoms with van der Waals surface area (Å²) in [4.78, 5) is 3.69. The van der Waals surface area contributed by atoms with Gasteiger partial charge in [-0.1, -0.05) is 6.07 Å². The van der Waals surface area contributed by atoms with Crippen LogP contribution in [0.3, 0.4) is 0 Å². The van der Waals surface area contributed by atoms with Crippen molar-refractivity contribution >= 4 is 27.3 Å². The zero-order valence-electron chi connectivity index (χ0n) is 10.3. The van der Waals surface area contributed by atoms with Gasteiger partial charge in [0.2, 0.25) is 0 Å². The van der Waals surface area contributed by atoms with Gasteiger partial charge in [-0.05, 0) is 41.3 Å². The van der Waals surface area contributed by atoms with E-state index in [2.05, 4.69) is 50.5 Å². The van der Waals surface area contributed by atoms with E-state index in [1.165, 1.54) is 10.6 Å². The highest BCUT2D eigenvalue weighted by Crippen LogP contribution is 2.22. The third-order valence-electron chi connectivity index (χ3n) is 2.69. The molecule has 2 aromatic heterocycles. The first-order valence-electron chi connectivity index (χ1n) is 5.47. The summed E-state index contributed by atoms with van der Waals surface area (Å²) >= 11 is 5.40. The van der Waals surface area contributed by atoms with Gasteiger partial charge in [-0.15, -0.1) is 11.3 Å².